The van der Waals surface area contributed by atoms with Crippen molar-refractivity contribution in [2.45, 2.75) is 13.0 Å². The number of hydrazone groups is 1. The van der Waals surface area contributed by atoms with Crippen LogP contribution in [0.5, 0.6) is 11.5 Å². The molecule has 4 aromatic rings. The molecule has 0 saturated carbocycles. The molecule has 0 fully saturated rings. The van der Waals surface area contributed by atoms with Crippen LogP contribution < -0.4 is 25.8 Å². The van der Waals surface area contributed by atoms with Gasteiger partial charge in [-0.15, -0.1) is 0 Å². The smallest absolute Gasteiger partial charge is 0.266 e. The monoisotopic (exact) mass is 531 g/mol. The highest BCUT2D eigenvalue weighted by Gasteiger charge is 2.35. The maximum atomic E-state index is 13.2. The number of nitrogens with one attached hydrogen (secondary N) is 3. The van der Waals surface area contributed by atoms with E-state index in [0.717, 1.165) is 10.9 Å². The summed E-state index contributed by atoms with van der Waals surface area (Å²) in [5.41, 5.74) is 8.72. The Morgan fingerprint density at radius 1 is 1.08 bits per heavy atom. The van der Waals surface area contributed by atoms with E-state index in [1.807, 2.05) is 34.9 Å². The van der Waals surface area contributed by atoms with Crippen molar-refractivity contribution >= 4 is 50.7 Å². The summed E-state index contributed by atoms with van der Waals surface area (Å²) < 4.78 is 13.1. The molecule has 13 nitrogen and oxygen atoms in total. The lowest BCUT2D eigenvalue weighted by molar-refractivity contribution is -0.485. The molecule has 0 atom stereocenters. The molecule has 3 heterocycles. The summed E-state index contributed by atoms with van der Waals surface area (Å²) >= 11 is 0. The molecule has 1 aliphatic heterocycles. The van der Waals surface area contributed by atoms with Gasteiger partial charge >= 0.3 is 0 Å². The first-order valence-corrected chi connectivity index (χ1v) is 12.0. The molecule has 13 heteroatoms. The number of carbonyl (C=O) groups excluding carboxylic acids is 2. The number of hydrogen-bond donors (Lipinski definition) is 4. The van der Waals surface area contributed by atoms with Crippen LogP contribution >= 0.6 is 0 Å². The summed E-state index contributed by atoms with van der Waals surface area (Å²) in [5, 5.41) is 19.3. The number of hydrogen-bond acceptors (Lipinski definition) is 6. The lowest BCUT2D eigenvalue weighted by Gasteiger charge is -2.12. The standard InChI is InChI=1S/C26H25N7O6/c1-38-19-9-8-15-17(13-32(22(15)23(19)39-2)11-5-10-28-26(27)31-33(36)37)21-20(24(34)30-25(21)35)16-12-29-18-7-4-3-6-14(16)18/h3-4,6-9,12-13,29H,5,10-11H2,1-2H3,(H3,27,28,31)(H,30,34,35). The van der Waals surface area contributed by atoms with E-state index >= 15 is 0 Å². The number of methoxy groups -OCH3 is 2. The molecular formula is C26H25N7O6. The summed E-state index contributed by atoms with van der Waals surface area (Å²) in [6.45, 7) is 0.719. The number of aromatic amines is 1. The fourth-order valence-electron chi connectivity index (χ4n) is 4.92. The number of aromatic nitrogens is 2. The van der Waals surface area contributed by atoms with Crippen molar-refractivity contribution in [1.82, 2.24) is 20.2 Å². The molecule has 0 saturated heterocycles. The molecule has 2 amide bonds. The van der Waals surface area contributed by atoms with E-state index < -0.39 is 16.8 Å². The molecule has 5 N–H and O–H groups in total. The zero-order valence-electron chi connectivity index (χ0n) is 21.1. The van der Waals surface area contributed by atoms with Crippen molar-refractivity contribution in [3.63, 3.8) is 0 Å². The van der Waals surface area contributed by atoms with Crippen LogP contribution in [0.4, 0.5) is 0 Å². The molecule has 0 aliphatic carbocycles. The highest BCUT2D eigenvalue weighted by Crippen LogP contribution is 2.43. The Morgan fingerprint density at radius 3 is 2.54 bits per heavy atom. The van der Waals surface area contributed by atoms with E-state index in [4.69, 9.17) is 15.2 Å². The summed E-state index contributed by atoms with van der Waals surface area (Å²) in [7, 11) is 3.05. The predicted molar refractivity (Wildman–Crippen MR) is 145 cm³/mol. The number of para-hydroxylation sites is 1. The van der Waals surface area contributed by atoms with Gasteiger partial charge in [0, 0.05) is 52.9 Å². The molecule has 1 aliphatic rings. The molecular weight excluding hydrogens is 506 g/mol. The van der Waals surface area contributed by atoms with Crippen LogP contribution in [0.3, 0.4) is 0 Å². The minimum atomic E-state index is -0.877. The Morgan fingerprint density at radius 2 is 1.82 bits per heavy atom. The number of carbonyl (C=O) groups is 2. The highest BCUT2D eigenvalue weighted by molar-refractivity contribution is 6.50. The molecule has 0 spiro atoms. The third-order valence-electron chi connectivity index (χ3n) is 6.51. The topological polar surface area (TPSA) is 179 Å². The van der Waals surface area contributed by atoms with Crippen molar-refractivity contribution < 1.29 is 24.1 Å². The van der Waals surface area contributed by atoms with Gasteiger partial charge < -0.3 is 30.1 Å². The molecule has 2 aromatic heterocycles. The Bertz CT molecular complexity index is 1700. The van der Waals surface area contributed by atoms with E-state index in [0.29, 0.717) is 53.0 Å². The number of benzene rings is 2. The Hall–Kier alpha value is -5.33. The van der Waals surface area contributed by atoms with Gasteiger partial charge in [-0.25, -0.2) is 10.1 Å². The van der Waals surface area contributed by atoms with Crippen LogP contribution in [-0.2, 0) is 16.1 Å². The summed E-state index contributed by atoms with van der Waals surface area (Å²) in [6, 6.07) is 11.1. The summed E-state index contributed by atoms with van der Waals surface area (Å²) in [6.07, 6.45) is 4.02. The minimum Gasteiger partial charge on any atom is -0.493 e. The number of nitrogens with two attached hydrogens (primary N) is 1. The second kappa shape index (κ2) is 10.2. The molecule has 0 unspecified atom stereocenters. The highest BCUT2D eigenvalue weighted by atomic mass is 16.7. The SMILES string of the molecule is COc1ccc2c(C3=C(c4c[nH]c5ccccc45)C(=O)NC3=O)cn(CCCNC(N)=N[N+](=O)[O-])c2c1OC. The number of nitro groups is 1. The second-order valence-electron chi connectivity index (χ2n) is 8.72. The second-order valence-corrected chi connectivity index (χ2v) is 8.72. The Kier molecular flexibility index (Phi) is 6.63. The van der Waals surface area contributed by atoms with Crippen molar-refractivity contribution in [2.24, 2.45) is 10.8 Å². The van der Waals surface area contributed by atoms with Crippen molar-refractivity contribution in [2.75, 3.05) is 20.8 Å². The molecule has 200 valence electrons. The fourth-order valence-corrected chi connectivity index (χ4v) is 4.92. The van der Waals surface area contributed by atoms with Crippen LogP contribution in [0.15, 0.2) is 53.9 Å². The van der Waals surface area contributed by atoms with Crippen LogP contribution in [-0.4, -0.2) is 53.1 Å². The quantitative estimate of drug-likeness (QED) is 0.0634. The van der Waals surface area contributed by atoms with Gasteiger partial charge in [0.1, 0.15) is 5.10 Å². The number of aryl methyl sites for hydroxylation is 1. The van der Waals surface area contributed by atoms with Crippen molar-refractivity contribution in [3.05, 3.63) is 70.0 Å². The number of H-pyrrole nitrogens is 1. The van der Waals surface area contributed by atoms with E-state index in [1.165, 1.54) is 14.2 Å². The van der Waals surface area contributed by atoms with E-state index in [2.05, 4.69) is 20.7 Å². The van der Waals surface area contributed by atoms with Gasteiger partial charge in [0.2, 0.25) is 0 Å². The molecule has 39 heavy (non-hydrogen) atoms. The third kappa shape index (κ3) is 4.50. The van der Waals surface area contributed by atoms with Gasteiger partial charge in [-0.05, 0) is 24.6 Å². The van der Waals surface area contributed by atoms with Gasteiger partial charge in [-0.1, -0.05) is 18.2 Å². The zero-order valence-corrected chi connectivity index (χ0v) is 21.1. The first-order valence-electron chi connectivity index (χ1n) is 12.0. The van der Waals surface area contributed by atoms with Crippen molar-refractivity contribution in [1.29, 1.82) is 0 Å². The van der Waals surface area contributed by atoms with Crippen LogP contribution in [0.1, 0.15) is 17.5 Å². The van der Waals surface area contributed by atoms with Gasteiger partial charge in [0.15, 0.2) is 16.5 Å². The van der Waals surface area contributed by atoms with E-state index in [1.54, 1.807) is 18.5 Å². The number of guanidine groups is 1. The number of amides is 2. The normalized spacial score (nSPS) is 13.8. The largest absolute Gasteiger partial charge is 0.493 e. The molecule has 0 bridgehead atoms. The van der Waals surface area contributed by atoms with Crippen LogP contribution in [0, 0.1) is 10.1 Å². The maximum Gasteiger partial charge on any atom is 0.266 e. The first kappa shape index (κ1) is 25.3. The molecule has 5 rings (SSSR count). The van der Waals surface area contributed by atoms with Gasteiger partial charge in [0.05, 0.1) is 30.9 Å². The van der Waals surface area contributed by atoms with Gasteiger partial charge in [-0.2, -0.15) is 0 Å². The number of fused-ring (bicyclic) bond motifs is 2. The summed E-state index contributed by atoms with van der Waals surface area (Å²) in [5.74, 6) is -0.325. The number of rotatable bonds is 9. The fraction of sp³-hybridized carbons (Fsp3) is 0.192. The first-order chi connectivity index (χ1) is 18.8. The number of nitrogens with zero attached hydrogens (tertiary/aromatic N) is 3. The van der Waals surface area contributed by atoms with Gasteiger partial charge in [0.25, 0.3) is 17.8 Å². The lowest BCUT2D eigenvalue weighted by atomic mass is 9.95. The Balaban J connectivity index is 1.64. The number of imide groups is 1. The number of ether oxygens (including phenoxy) is 2. The minimum absolute atomic E-state index is 0.251. The maximum absolute atomic E-state index is 13.2. The van der Waals surface area contributed by atoms with E-state index in [-0.39, 0.29) is 17.1 Å². The summed E-state index contributed by atoms with van der Waals surface area (Å²) in [4.78, 5) is 40.0. The molecule has 2 aromatic carbocycles. The average molecular weight is 532 g/mol. The third-order valence-corrected chi connectivity index (χ3v) is 6.51. The Labute approximate surface area is 221 Å². The van der Waals surface area contributed by atoms with Crippen LogP contribution in [0.2, 0.25) is 0 Å². The lowest BCUT2D eigenvalue weighted by Crippen LogP contribution is -2.33. The van der Waals surface area contributed by atoms with Crippen LogP contribution in [0.25, 0.3) is 33.0 Å². The van der Waals surface area contributed by atoms with Gasteiger partial charge in [-0.3, -0.25) is 14.9 Å². The predicted octanol–water partition coefficient (Wildman–Crippen LogP) is 2.19. The average Bonchev–Trinajstić information content (AvgIpc) is 3.58. The molecule has 0 radical (unpaired) electrons. The van der Waals surface area contributed by atoms with Crippen molar-refractivity contribution in [3.8, 4) is 11.5 Å². The zero-order chi connectivity index (χ0) is 27.7. The van der Waals surface area contributed by atoms with E-state index in [9.17, 15) is 19.7 Å².